The van der Waals surface area contributed by atoms with Gasteiger partial charge in [-0.1, -0.05) is 61.4 Å². The van der Waals surface area contributed by atoms with E-state index in [1.807, 2.05) is 20.0 Å². The molecule has 1 unspecified atom stereocenters. The van der Waals surface area contributed by atoms with Gasteiger partial charge in [0.15, 0.2) is 0 Å². The zero-order chi connectivity index (χ0) is 29.2. The Hall–Kier alpha value is -4.33. The third kappa shape index (κ3) is 5.45. The lowest BCUT2D eigenvalue weighted by molar-refractivity contribution is -0.142. The minimum absolute atomic E-state index is 0.0422. The van der Waals surface area contributed by atoms with Crippen LogP contribution < -0.4 is 5.43 Å². The number of hydrazine groups is 1. The Bertz CT molecular complexity index is 1550. The number of carbonyl (C=O) groups excluding carboxylic acids is 2. The summed E-state index contributed by atoms with van der Waals surface area (Å²) in [6.07, 6.45) is 10.6. The molecule has 8 heteroatoms. The Morgan fingerprint density at radius 2 is 1.60 bits per heavy atom. The molecule has 4 aromatic rings. The Morgan fingerprint density at radius 1 is 0.929 bits per heavy atom. The average Bonchev–Trinajstić information content (AvgIpc) is 3.78. The van der Waals surface area contributed by atoms with Crippen molar-refractivity contribution in [1.29, 1.82) is 0 Å². The molecule has 2 atom stereocenters. The lowest BCUT2D eigenvalue weighted by atomic mass is 9.78. The molecular weight excluding hydrogens is 526 g/mol. The number of rotatable bonds is 6. The fourth-order valence-electron chi connectivity index (χ4n) is 6.57. The Kier molecular flexibility index (Phi) is 7.87. The number of nitrogens with zero attached hydrogens (tertiary/aromatic N) is 2. The first-order valence-corrected chi connectivity index (χ1v) is 15.1. The van der Waals surface area contributed by atoms with Crippen molar-refractivity contribution in [3.63, 3.8) is 0 Å². The van der Waals surface area contributed by atoms with E-state index in [2.05, 4.69) is 70.1 Å². The van der Waals surface area contributed by atoms with E-state index in [4.69, 9.17) is 9.72 Å². The number of aryl methyl sites for hydroxylation is 1. The lowest BCUT2D eigenvalue weighted by Gasteiger charge is -2.35. The molecule has 2 heterocycles. The second-order valence-corrected chi connectivity index (χ2v) is 11.8. The molecule has 0 radical (unpaired) electrons. The van der Waals surface area contributed by atoms with Gasteiger partial charge in [-0.05, 0) is 79.3 Å². The predicted molar refractivity (Wildman–Crippen MR) is 163 cm³/mol. The van der Waals surface area contributed by atoms with Crippen LogP contribution in [0.2, 0.25) is 0 Å². The van der Waals surface area contributed by atoms with E-state index in [9.17, 15) is 9.59 Å². The maximum Gasteiger partial charge on any atom is 0.425 e. The molecule has 2 aromatic heterocycles. The number of methoxy groups -OCH3 is 1. The fraction of sp³-hybridized carbons (Fsp3) is 0.382. The van der Waals surface area contributed by atoms with Gasteiger partial charge in [-0.25, -0.2) is 20.2 Å². The predicted octanol–water partition coefficient (Wildman–Crippen LogP) is 7.01. The van der Waals surface area contributed by atoms with Gasteiger partial charge in [-0.3, -0.25) is 4.79 Å². The molecule has 1 saturated carbocycles. The van der Waals surface area contributed by atoms with Gasteiger partial charge in [-0.2, -0.15) is 0 Å². The number of carbonyl (C=O) groups is 2. The van der Waals surface area contributed by atoms with Crippen molar-refractivity contribution in [1.82, 2.24) is 25.4 Å². The van der Waals surface area contributed by atoms with E-state index < -0.39 is 6.09 Å². The van der Waals surface area contributed by atoms with E-state index in [0.717, 1.165) is 54.7 Å². The molecule has 42 heavy (non-hydrogen) atoms. The molecule has 0 bridgehead atoms. The first-order chi connectivity index (χ1) is 20.4. The van der Waals surface area contributed by atoms with Crippen molar-refractivity contribution in [2.45, 2.75) is 70.8 Å². The van der Waals surface area contributed by atoms with Gasteiger partial charge in [0.05, 0.1) is 19.0 Å². The summed E-state index contributed by atoms with van der Waals surface area (Å²) in [6.45, 7) is 3.75. The largest absolute Gasteiger partial charge is 0.452 e. The van der Waals surface area contributed by atoms with E-state index in [1.54, 1.807) is 0 Å². The normalized spacial score (nSPS) is 18.1. The molecule has 2 aromatic carbocycles. The second-order valence-electron chi connectivity index (χ2n) is 11.8. The Balaban J connectivity index is 1.17. The highest BCUT2D eigenvalue weighted by molar-refractivity contribution is 5.82. The van der Waals surface area contributed by atoms with E-state index in [0.29, 0.717) is 0 Å². The van der Waals surface area contributed by atoms with E-state index in [1.165, 1.54) is 52.9 Å². The summed E-state index contributed by atoms with van der Waals surface area (Å²) in [5.41, 5.74) is 12.3. The summed E-state index contributed by atoms with van der Waals surface area (Å²) in [6, 6.07) is 17.1. The second kappa shape index (κ2) is 11.9. The first kappa shape index (κ1) is 27.8. The highest BCUT2D eigenvalue weighted by Gasteiger charge is 2.37. The molecule has 0 spiro atoms. The van der Waals surface area contributed by atoms with Crippen LogP contribution in [0.15, 0.2) is 60.9 Å². The molecule has 2 amide bonds. The minimum Gasteiger partial charge on any atom is -0.452 e. The number of amides is 2. The third-order valence-electron chi connectivity index (χ3n) is 8.84. The van der Waals surface area contributed by atoms with E-state index >= 15 is 0 Å². The summed E-state index contributed by atoms with van der Waals surface area (Å²) in [7, 11) is 1.30. The molecule has 1 fully saturated rings. The third-order valence-corrected chi connectivity index (χ3v) is 8.84. The van der Waals surface area contributed by atoms with Crippen LogP contribution in [0.5, 0.6) is 0 Å². The van der Waals surface area contributed by atoms with Gasteiger partial charge in [-0.15, -0.1) is 0 Å². The molecule has 0 aliphatic heterocycles. The molecule has 2 aliphatic rings. The summed E-state index contributed by atoms with van der Waals surface area (Å²) in [5, 5.41) is 1.40. The van der Waals surface area contributed by atoms with Crippen LogP contribution in [0.3, 0.4) is 0 Å². The number of fused-ring (bicyclic) bond motifs is 1. The average molecular weight is 566 g/mol. The van der Waals surface area contributed by atoms with Crippen LogP contribution in [0.1, 0.15) is 68.8 Å². The molecule has 6 rings (SSSR count). The number of hydrogen-bond acceptors (Lipinski definition) is 4. The van der Waals surface area contributed by atoms with Crippen molar-refractivity contribution < 1.29 is 14.3 Å². The number of hydrogen-bond donors (Lipinski definition) is 3. The summed E-state index contributed by atoms with van der Waals surface area (Å²) in [4.78, 5) is 37.2. The number of aromatic amines is 2. The van der Waals surface area contributed by atoms with Crippen LogP contribution in [-0.4, -0.2) is 45.1 Å². The number of nitrogens with one attached hydrogen (secondary N) is 3. The van der Waals surface area contributed by atoms with Gasteiger partial charge in [0, 0.05) is 29.8 Å². The number of aromatic nitrogens is 3. The summed E-state index contributed by atoms with van der Waals surface area (Å²) < 4.78 is 4.74. The molecule has 0 saturated heterocycles. The van der Waals surface area contributed by atoms with Crippen LogP contribution in [0, 0.1) is 5.92 Å². The standard InChI is InChI=1S/C34H39N5O3/c1-21(2)39(38-34(41)42-3)33(40)29-9-5-4-8-28(29)32-36-20-30(37-32)24-15-11-22(12-16-24)23-13-17-25(18-14-23)31-27-10-6-7-26(27)19-35-31/h11-21,28-29,35H,4-10H2,1-3H3,(H,36,37)(H,38,41)/t28?,29-/m0/s1. The minimum atomic E-state index is -0.646. The van der Waals surface area contributed by atoms with Gasteiger partial charge in [0.2, 0.25) is 5.91 Å². The van der Waals surface area contributed by atoms with Crippen LogP contribution in [-0.2, 0) is 22.4 Å². The van der Waals surface area contributed by atoms with Crippen molar-refractivity contribution in [3.05, 3.63) is 77.9 Å². The van der Waals surface area contributed by atoms with Gasteiger partial charge >= 0.3 is 6.09 Å². The van der Waals surface area contributed by atoms with Crippen molar-refractivity contribution in [2.75, 3.05) is 7.11 Å². The van der Waals surface area contributed by atoms with E-state index in [-0.39, 0.29) is 23.8 Å². The molecular formula is C34H39N5O3. The Labute approximate surface area is 246 Å². The summed E-state index contributed by atoms with van der Waals surface area (Å²) in [5.74, 6) is 0.406. The zero-order valence-corrected chi connectivity index (χ0v) is 24.6. The highest BCUT2D eigenvalue weighted by Crippen LogP contribution is 2.39. The van der Waals surface area contributed by atoms with Gasteiger partial charge in [0.25, 0.3) is 0 Å². The SMILES string of the molecule is COC(=O)NN(C(=O)[C@H]1CCCCC1c1ncc(-c2ccc(-c3ccc(-c4[nH]cc5c4CCC5)cc3)cc2)[nH]1)C(C)C. The van der Waals surface area contributed by atoms with Crippen LogP contribution in [0.25, 0.3) is 33.6 Å². The molecule has 8 nitrogen and oxygen atoms in total. The summed E-state index contributed by atoms with van der Waals surface area (Å²) >= 11 is 0. The molecule has 218 valence electrons. The molecule has 3 N–H and O–H groups in total. The number of H-pyrrole nitrogens is 2. The topological polar surface area (TPSA) is 103 Å². The highest BCUT2D eigenvalue weighted by atomic mass is 16.5. The van der Waals surface area contributed by atoms with Crippen LogP contribution in [0.4, 0.5) is 4.79 Å². The zero-order valence-electron chi connectivity index (χ0n) is 24.6. The number of imidazole rings is 1. The maximum absolute atomic E-state index is 13.6. The number of ether oxygens (including phenoxy) is 1. The number of benzene rings is 2. The smallest absolute Gasteiger partial charge is 0.425 e. The van der Waals surface area contributed by atoms with Crippen molar-refractivity contribution in [3.8, 4) is 33.6 Å². The monoisotopic (exact) mass is 565 g/mol. The van der Waals surface area contributed by atoms with Gasteiger partial charge < -0.3 is 14.7 Å². The van der Waals surface area contributed by atoms with Gasteiger partial charge in [0.1, 0.15) is 5.82 Å². The maximum atomic E-state index is 13.6. The van der Waals surface area contributed by atoms with Crippen molar-refractivity contribution >= 4 is 12.0 Å². The lowest BCUT2D eigenvalue weighted by Crippen LogP contribution is -2.53. The quantitative estimate of drug-likeness (QED) is 0.219. The molecule has 2 aliphatic carbocycles. The van der Waals surface area contributed by atoms with Crippen molar-refractivity contribution in [2.24, 2.45) is 5.92 Å². The first-order valence-electron chi connectivity index (χ1n) is 15.1. The van der Waals surface area contributed by atoms with Crippen LogP contribution >= 0.6 is 0 Å². The fourth-order valence-corrected chi connectivity index (χ4v) is 6.57. The Morgan fingerprint density at radius 3 is 2.29 bits per heavy atom.